The van der Waals surface area contributed by atoms with E-state index < -0.39 is 0 Å². The topological polar surface area (TPSA) is 67.5 Å². The van der Waals surface area contributed by atoms with Gasteiger partial charge in [0.15, 0.2) is 5.82 Å². The molecule has 6 nitrogen and oxygen atoms in total. The molecule has 112 valence electrons. The molecule has 0 aliphatic rings. The van der Waals surface area contributed by atoms with E-state index in [1.807, 2.05) is 28.7 Å². The molecule has 1 N–H and O–H groups in total. The van der Waals surface area contributed by atoms with Crippen LogP contribution in [0, 0.1) is 5.82 Å². The lowest BCUT2D eigenvalue weighted by Gasteiger charge is -2.05. The Morgan fingerprint density at radius 2 is 1.91 bits per heavy atom. The number of halogens is 1. The maximum absolute atomic E-state index is 13.6. The number of para-hydroxylation sites is 2. The minimum absolute atomic E-state index is 0.336. The molecule has 0 saturated heterocycles. The van der Waals surface area contributed by atoms with Crippen LogP contribution in [0.3, 0.4) is 0 Å². The molecule has 0 aliphatic carbocycles. The van der Waals surface area contributed by atoms with Crippen LogP contribution >= 0.6 is 0 Å². The fourth-order valence-electron chi connectivity index (χ4n) is 2.32. The predicted molar refractivity (Wildman–Crippen MR) is 85.9 cm³/mol. The number of fused-ring (bicyclic) bond motifs is 3. The Morgan fingerprint density at radius 3 is 2.83 bits per heavy atom. The fourth-order valence-corrected chi connectivity index (χ4v) is 2.32. The third-order valence-electron chi connectivity index (χ3n) is 3.41. The summed E-state index contributed by atoms with van der Waals surface area (Å²) in [5.41, 5.74) is 5.43. The molecule has 7 heteroatoms. The Balaban J connectivity index is 1.73. The summed E-state index contributed by atoms with van der Waals surface area (Å²) in [6, 6.07) is 14.0. The molecule has 0 atom stereocenters. The number of benzene rings is 2. The monoisotopic (exact) mass is 306 g/mol. The minimum atomic E-state index is -0.336. The van der Waals surface area contributed by atoms with Crippen molar-refractivity contribution in [2.45, 2.75) is 0 Å². The standard InChI is InChI=1S/C16H11FN6/c17-12-6-2-1-5-11(12)9-18-21-15-16-22-19-10-23(16)14-8-4-3-7-13(14)20-15/h1-10H,(H,20,21)/b18-9+. The Labute approximate surface area is 130 Å². The van der Waals surface area contributed by atoms with Crippen LogP contribution in [-0.2, 0) is 0 Å². The average molecular weight is 306 g/mol. The van der Waals surface area contributed by atoms with Gasteiger partial charge in [-0.3, -0.25) is 9.83 Å². The van der Waals surface area contributed by atoms with E-state index in [1.54, 1.807) is 24.5 Å². The molecule has 4 rings (SSSR count). The van der Waals surface area contributed by atoms with Gasteiger partial charge in [-0.1, -0.05) is 30.3 Å². The number of nitrogens with one attached hydrogen (secondary N) is 1. The molecule has 23 heavy (non-hydrogen) atoms. The van der Waals surface area contributed by atoms with Gasteiger partial charge >= 0.3 is 0 Å². The lowest BCUT2D eigenvalue weighted by molar-refractivity contribution is 0.626. The van der Waals surface area contributed by atoms with Gasteiger partial charge in [-0.2, -0.15) is 5.10 Å². The zero-order valence-corrected chi connectivity index (χ0v) is 11.9. The Morgan fingerprint density at radius 1 is 1.09 bits per heavy atom. The second kappa shape index (κ2) is 5.45. The van der Waals surface area contributed by atoms with Crippen molar-refractivity contribution in [1.82, 2.24) is 19.6 Å². The molecule has 0 unspecified atom stereocenters. The van der Waals surface area contributed by atoms with Crippen LogP contribution < -0.4 is 5.43 Å². The highest BCUT2D eigenvalue weighted by Gasteiger charge is 2.09. The molecule has 2 aromatic carbocycles. The first-order chi connectivity index (χ1) is 11.3. The Kier molecular flexibility index (Phi) is 3.16. The van der Waals surface area contributed by atoms with Crippen LogP contribution in [0.1, 0.15) is 5.56 Å². The average Bonchev–Trinajstić information content (AvgIpc) is 3.07. The summed E-state index contributed by atoms with van der Waals surface area (Å²) in [4.78, 5) is 4.49. The molecule has 4 aromatic rings. The highest BCUT2D eigenvalue weighted by molar-refractivity contribution is 5.84. The number of nitrogens with zero attached hydrogens (tertiary/aromatic N) is 5. The van der Waals surface area contributed by atoms with Gasteiger partial charge in [0, 0.05) is 5.56 Å². The van der Waals surface area contributed by atoms with Crippen molar-refractivity contribution in [3.8, 4) is 0 Å². The summed E-state index contributed by atoms with van der Waals surface area (Å²) < 4.78 is 15.4. The normalized spacial score (nSPS) is 11.5. The zero-order valence-electron chi connectivity index (χ0n) is 11.9. The van der Waals surface area contributed by atoms with Gasteiger partial charge in [0.2, 0.25) is 5.65 Å². The third-order valence-corrected chi connectivity index (χ3v) is 3.41. The van der Waals surface area contributed by atoms with E-state index in [9.17, 15) is 4.39 Å². The van der Waals surface area contributed by atoms with Crippen molar-refractivity contribution in [2.75, 3.05) is 5.43 Å². The van der Waals surface area contributed by atoms with Gasteiger partial charge < -0.3 is 0 Å². The summed E-state index contributed by atoms with van der Waals surface area (Å²) in [5.74, 6) is 0.117. The largest absolute Gasteiger partial charge is 0.277 e. The SMILES string of the molecule is Fc1ccccc1/C=N/Nc1nc2ccccc2n2cnnc12. The molecule has 0 saturated carbocycles. The smallest absolute Gasteiger partial charge is 0.205 e. The van der Waals surface area contributed by atoms with Gasteiger partial charge in [0.1, 0.15) is 12.1 Å². The highest BCUT2D eigenvalue weighted by atomic mass is 19.1. The van der Waals surface area contributed by atoms with Crippen molar-refractivity contribution in [2.24, 2.45) is 5.10 Å². The highest BCUT2D eigenvalue weighted by Crippen LogP contribution is 2.19. The van der Waals surface area contributed by atoms with Crippen LogP contribution in [-0.4, -0.2) is 25.8 Å². The van der Waals surface area contributed by atoms with E-state index in [0.717, 1.165) is 11.0 Å². The van der Waals surface area contributed by atoms with Gasteiger partial charge in [-0.05, 0) is 18.2 Å². The van der Waals surface area contributed by atoms with Gasteiger partial charge in [-0.15, -0.1) is 10.2 Å². The number of hydrogen-bond acceptors (Lipinski definition) is 5. The van der Waals surface area contributed by atoms with Crippen LogP contribution in [0.2, 0.25) is 0 Å². The number of hydrazone groups is 1. The molecule has 0 fully saturated rings. The summed E-state index contributed by atoms with van der Waals surface area (Å²) in [5, 5.41) is 12.0. The van der Waals surface area contributed by atoms with Crippen molar-refractivity contribution < 1.29 is 4.39 Å². The van der Waals surface area contributed by atoms with Crippen molar-refractivity contribution in [3.63, 3.8) is 0 Å². The number of hydrogen-bond donors (Lipinski definition) is 1. The fraction of sp³-hybridized carbons (Fsp3) is 0. The molecule has 0 spiro atoms. The summed E-state index contributed by atoms with van der Waals surface area (Å²) in [6.45, 7) is 0. The molecule has 0 amide bonds. The van der Waals surface area contributed by atoms with Crippen LogP contribution in [0.25, 0.3) is 16.7 Å². The van der Waals surface area contributed by atoms with E-state index in [0.29, 0.717) is 17.0 Å². The second-order valence-corrected chi connectivity index (χ2v) is 4.87. The van der Waals surface area contributed by atoms with E-state index in [-0.39, 0.29) is 5.82 Å². The lowest BCUT2D eigenvalue weighted by atomic mass is 10.2. The maximum atomic E-state index is 13.6. The first-order valence-electron chi connectivity index (χ1n) is 6.95. The number of anilines is 1. The summed E-state index contributed by atoms with van der Waals surface area (Å²) >= 11 is 0. The second-order valence-electron chi connectivity index (χ2n) is 4.87. The van der Waals surface area contributed by atoms with Gasteiger partial charge in [0.25, 0.3) is 0 Å². The van der Waals surface area contributed by atoms with Crippen LogP contribution in [0.4, 0.5) is 10.2 Å². The number of rotatable bonds is 3. The van der Waals surface area contributed by atoms with Crippen LogP contribution in [0.15, 0.2) is 60.0 Å². The summed E-state index contributed by atoms with van der Waals surface area (Å²) in [6.07, 6.45) is 3.02. The van der Waals surface area contributed by atoms with Gasteiger partial charge in [0.05, 0.1) is 17.2 Å². The van der Waals surface area contributed by atoms with Crippen LogP contribution in [0.5, 0.6) is 0 Å². The Bertz CT molecular complexity index is 1020. The van der Waals surface area contributed by atoms with E-state index >= 15 is 0 Å². The first-order valence-corrected chi connectivity index (χ1v) is 6.95. The summed E-state index contributed by atoms with van der Waals surface area (Å²) in [7, 11) is 0. The molecular weight excluding hydrogens is 295 g/mol. The van der Waals surface area contributed by atoms with Crippen molar-refractivity contribution in [1.29, 1.82) is 0 Å². The molecule has 2 aromatic heterocycles. The van der Waals surface area contributed by atoms with E-state index in [4.69, 9.17) is 0 Å². The quantitative estimate of drug-likeness (QED) is 0.467. The number of aromatic nitrogens is 4. The third kappa shape index (κ3) is 2.38. The van der Waals surface area contributed by atoms with Gasteiger partial charge in [-0.25, -0.2) is 9.37 Å². The molecule has 0 bridgehead atoms. The maximum Gasteiger partial charge on any atom is 0.205 e. The molecule has 0 aliphatic heterocycles. The first kappa shape index (κ1) is 13.3. The van der Waals surface area contributed by atoms with Crippen molar-refractivity contribution >= 4 is 28.7 Å². The molecule has 0 radical (unpaired) electrons. The minimum Gasteiger partial charge on any atom is -0.277 e. The lowest BCUT2D eigenvalue weighted by Crippen LogP contribution is -2.00. The molecule has 2 heterocycles. The van der Waals surface area contributed by atoms with Crippen molar-refractivity contribution in [3.05, 3.63) is 66.2 Å². The predicted octanol–water partition coefficient (Wildman–Crippen LogP) is 2.86. The molecular formula is C16H11FN6. The van der Waals surface area contributed by atoms with E-state index in [2.05, 4.69) is 25.7 Å². The zero-order chi connectivity index (χ0) is 15.6. The Hall–Kier alpha value is -3.35. The van der Waals surface area contributed by atoms with E-state index in [1.165, 1.54) is 12.3 Å².